The first-order valence-electron chi connectivity index (χ1n) is 10.8. The first-order valence-corrected chi connectivity index (χ1v) is 12.6. The number of benzene rings is 2. The Kier molecular flexibility index (Phi) is 6.50. The number of aromatic nitrogens is 2. The van der Waals surface area contributed by atoms with E-state index in [2.05, 4.69) is 22.1 Å². The second-order valence-electron chi connectivity index (χ2n) is 8.45. The Bertz CT molecular complexity index is 1350. The van der Waals surface area contributed by atoms with Crippen molar-refractivity contribution < 1.29 is 13.5 Å². The standard InChI is InChI=1S/C23H22Cl2F2N4O2S/c1-11-8-28-3-4-30(11)22-14-6-16(25)19(13-5-15(24)18(27)7-17(13)26)21-20(14)31(23(32)29-22)9-12(33-2)10-34-21/h5-7,11-12,28H,3-4,8-10H2,1-2H3/t11-,12-/m0/s1. The van der Waals surface area contributed by atoms with E-state index in [1.165, 1.54) is 17.8 Å². The molecule has 1 N–H and O–H groups in total. The van der Waals surface area contributed by atoms with E-state index < -0.39 is 17.3 Å². The summed E-state index contributed by atoms with van der Waals surface area (Å²) in [7, 11) is 1.58. The molecule has 34 heavy (non-hydrogen) atoms. The van der Waals surface area contributed by atoms with E-state index in [0.717, 1.165) is 19.2 Å². The van der Waals surface area contributed by atoms with Crippen LogP contribution in [0.25, 0.3) is 22.0 Å². The van der Waals surface area contributed by atoms with Crippen molar-refractivity contribution in [3.05, 3.63) is 50.4 Å². The van der Waals surface area contributed by atoms with Gasteiger partial charge in [0.05, 0.1) is 28.2 Å². The van der Waals surface area contributed by atoms with Crippen LogP contribution in [0.15, 0.2) is 27.9 Å². The minimum atomic E-state index is -0.853. The van der Waals surface area contributed by atoms with Crippen LogP contribution in [-0.2, 0) is 11.3 Å². The van der Waals surface area contributed by atoms with Crippen LogP contribution >= 0.6 is 35.0 Å². The molecule has 1 saturated heterocycles. The summed E-state index contributed by atoms with van der Waals surface area (Å²) in [6.45, 7) is 4.55. The number of thioether (sulfide) groups is 1. The lowest BCUT2D eigenvalue weighted by atomic mass is 10.0. The third kappa shape index (κ3) is 3.97. The predicted octanol–water partition coefficient (Wildman–Crippen LogP) is 4.57. The van der Waals surface area contributed by atoms with Crippen molar-refractivity contribution in [2.24, 2.45) is 0 Å². The maximum atomic E-state index is 15.0. The molecule has 11 heteroatoms. The highest BCUT2D eigenvalue weighted by Crippen LogP contribution is 2.46. The predicted molar refractivity (Wildman–Crippen MR) is 133 cm³/mol. The van der Waals surface area contributed by atoms with Crippen LogP contribution in [0.1, 0.15) is 6.92 Å². The van der Waals surface area contributed by atoms with Crippen LogP contribution in [0.5, 0.6) is 0 Å². The van der Waals surface area contributed by atoms with Crippen molar-refractivity contribution >= 4 is 51.7 Å². The summed E-state index contributed by atoms with van der Waals surface area (Å²) in [5.74, 6) is -0.579. The molecule has 1 aromatic heterocycles. The quantitative estimate of drug-likeness (QED) is 0.504. The zero-order valence-electron chi connectivity index (χ0n) is 18.5. The second kappa shape index (κ2) is 9.28. The van der Waals surface area contributed by atoms with E-state index in [1.807, 2.05) is 0 Å². The van der Waals surface area contributed by atoms with Crippen molar-refractivity contribution in [1.29, 1.82) is 0 Å². The molecule has 2 aliphatic heterocycles. The molecule has 6 nitrogen and oxygen atoms in total. The summed E-state index contributed by atoms with van der Waals surface area (Å²) < 4.78 is 36.0. The molecular formula is C23H22Cl2F2N4O2S. The van der Waals surface area contributed by atoms with Gasteiger partial charge >= 0.3 is 5.69 Å². The average Bonchev–Trinajstić information content (AvgIpc) is 3.00. The minimum absolute atomic E-state index is 0.0737. The lowest BCUT2D eigenvalue weighted by molar-refractivity contribution is 0.107. The maximum absolute atomic E-state index is 15.0. The molecule has 0 aliphatic carbocycles. The van der Waals surface area contributed by atoms with Gasteiger partial charge in [-0.15, -0.1) is 11.8 Å². The van der Waals surface area contributed by atoms with Gasteiger partial charge in [-0.25, -0.2) is 13.6 Å². The number of rotatable bonds is 3. The molecule has 0 unspecified atom stereocenters. The van der Waals surface area contributed by atoms with Gasteiger partial charge in [-0.3, -0.25) is 4.57 Å². The maximum Gasteiger partial charge on any atom is 0.350 e. The zero-order chi connectivity index (χ0) is 24.1. The second-order valence-corrected chi connectivity index (χ2v) is 10.3. The van der Waals surface area contributed by atoms with Crippen molar-refractivity contribution in [2.75, 3.05) is 37.4 Å². The number of piperazine rings is 1. The highest BCUT2D eigenvalue weighted by Gasteiger charge is 2.30. The summed E-state index contributed by atoms with van der Waals surface area (Å²) in [5.41, 5.74) is 0.646. The van der Waals surface area contributed by atoms with Gasteiger partial charge in [0.1, 0.15) is 17.5 Å². The fourth-order valence-electron chi connectivity index (χ4n) is 4.59. The molecule has 180 valence electrons. The Morgan fingerprint density at radius 2 is 2.00 bits per heavy atom. The first-order chi connectivity index (χ1) is 16.3. The Hall–Kier alpha value is -1.91. The lowest BCUT2D eigenvalue weighted by Gasteiger charge is -2.35. The molecule has 0 bridgehead atoms. The summed E-state index contributed by atoms with van der Waals surface area (Å²) in [5, 5.41) is 4.10. The van der Waals surface area contributed by atoms with Crippen molar-refractivity contribution in [2.45, 2.75) is 30.5 Å². The number of halogens is 4. The van der Waals surface area contributed by atoms with Gasteiger partial charge in [0.2, 0.25) is 0 Å². The molecule has 1 fully saturated rings. The molecule has 2 atom stereocenters. The van der Waals surface area contributed by atoms with Crippen LogP contribution in [0, 0.1) is 11.6 Å². The van der Waals surface area contributed by atoms with E-state index in [-0.39, 0.29) is 27.8 Å². The van der Waals surface area contributed by atoms with E-state index in [4.69, 9.17) is 27.9 Å². The number of nitrogens with one attached hydrogen (secondary N) is 1. The number of methoxy groups -OCH3 is 1. The van der Waals surface area contributed by atoms with Crippen LogP contribution < -0.4 is 15.9 Å². The largest absolute Gasteiger partial charge is 0.379 e. The lowest BCUT2D eigenvalue weighted by Crippen LogP contribution is -2.51. The van der Waals surface area contributed by atoms with E-state index in [1.54, 1.807) is 17.7 Å². The van der Waals surface area contributed by atoms with Crippen LogP contribution in [0.3, 0.4) is 0 Å². The van der Waals surface area contributed by atoms with Crippen molar-refractivity contribution in [3.8, 4) is 11.1 Å². The van der Waals surface area contributed by atoms with Gasteiger partial charge in [-0.1, -0.05) is 23.2 Å². The average molecular weight is 527 g/mol. The summed E-state index contributed by atoms with van der Waals surface area (Å²) in [6, 6.07) is 3.81. The molecule has 2 aliphatic rings. The Balaban J connectivity index is 1.86. The molecule has 2 aromatic carbocycles. The molecule has 3 heterocycles. The number of nitrogens with zero attached hydrogens (tertiary/aromatic N) is 3. The summed E-state index contributed by atoms with van der Waals surface area (Å²) in [4.78, 5) is 20.5. The van der Waals surface area contributed by atoms with E-state index >= 15 is 0 Å². The van der Waals surface area contributed by atoms with E-state index in [0.29, 0.717) is 46.0 Å². The van der Waals surface area contributed by atoms with Crippen molar-refractivity contribution in [3.63, 3.8) is 0 Å². The van der Waals surface area contributed by atoms with Crippen molar-refractivity contribution in [1.82, 2.24) is 14.9 Å². The highest BCUT2D eigenvalue weighted by molar-refractivity contribution is 7.99. The Labute approximate surface area is 209 Å². The molecule has 0 spiro atoms. The monoisotopic (exact) mass is 526 g/mol. The third-order valence-electron chi connectivity index (χ3n) is 6.34. The molecule has 0 saturated carbocycles. The third-order valence-corrected chi connectivity index (χ3v) is 8.15. The van der Waals surface area contributed by atoms with Gasteiger partial charge in [0.15, 0.2) is 0 Å². The zero-order valence-corrected chi connectivity index (χ0v) is 20.8. The van der Waals surface area contributed by atoms with Gasteiger partial charge in [-0.2, -0.15) is 4.98 Å². The van der Waals surface area contributed by atoms with E-state index in [9.17, 15) is 13.6 Å². The Morgan fingerprint density at radius 3 is 2.74 bits per heavy atom. The van der Waals surface area contributed by atoms with Crippen LogP contribution in [0.4, 0.5) is 14.6 Å². The number of hydrogen-bond acceptors (Lipinski definition) is 6. The van der Waals surface area contributed by atoms with Gasteiger partial charge < -0.3 is 15.0 Å². The van der Waals surface area contributed by atoms with Crippen LogP contribution in [-0.4, -0.2) is 54.2 Å². The molecule has 0 radical (unpaired) electrons. The number of anilines is 1. The fraction of sp³-hybridized carbons (Fsp3) is 0.391. The summed E-state index contributed by atoms with van der Waals surface area (Å²) in [6.07, 6.45) is -0.266. The number of ether oxygens (including phenoxy) is 1. The number of hydrogen-bond donors (Lipinski definition) is 1. The molecule has 3 aromatic rings. The van der Waals surface area contributed by atoms with Gasteiger partial charge in [0.25, 0.3) is 0 Å². The van der Waals surface area contributed by atoms with Gasteiger partial charge in [0, 0.05) is 66.0 Å². The molecule has 5 rings (SSSR count). The smallest absolute Gasteiger partial charge is 0.350 e. The highest BCUT2D eigenvalue weighted by atomic mass is 35.5. The fourth-order valence-corrected chi connectivity index (χ4v) is 6.43. The van der Waals surface area contributed by atoms with Crippen LogP contribution in [0.2, 0.25) is 10.0 Å². The molecule has 0 amide bonds. The SMILES string of the molecule is CO[C@@H]1CSc2c(-c3cc(Cl)c(F)cc3F)c(Cl)cc3c(N4CCNC[C@@H]4C)nc(=O)n(c23)C1. The summed E-state index contributed by atoms with van der Waals surface area (Å²) >= 11 is 14.2. The minimum Gasteiger partial charge on any atom is -0.379 e. The topological polar surface area (TPSA) is 59.4 Å². The molecular weight excluding hydrogens is 505 g/mol. The normalized spacial score (nSPS) is 20.6. The Morgan fingerprint density at radius 1 is 1.21 bits per heavy atom. The van der Waals surface area contributed by atoms with Gasteiger partial charge in [-0.05, 0) is 19.1 Å². The first kappa shape index (κ1) is 23.8.